The van der Waals surface area contributed by atoms with Crippen LogP contribution in [-0.4, -0.2) is 17.0 Å². The van der Waals surface area contributed by atoms with Crippen molar-refractivity contribution >= 4 is 45.8 Å². The highest BCUT2D eigenvalue weighted by Crippen LogP contribution is 2.36. The number of nitrogens with one attached hydrogen (secondary N) is 1. The lowest BCUT2D eigenvalue weighted by molar-refractivity contribution is 0.535. The third-order valence-corrected chi connectivity index (χ3v) is 5.20. The number of nitrogens with zero attached hydrogens (tertiary/aromatic N) is 1. The number of thioether (sulfide) groups is 1. The monoisotopic (exact) mass is 318 g/mol. The molecule has 0 amide bonds. The first kappa shape index (κ1) is 13.5. The SMILES string of the molecule is Fc1c(Cl)cc(NC2=NC3CCCC3CS2)cc1Cl. The maximum atomic E-state index is 13.3. The minimum absolute atomic E-state index is 0.0233. The van der Waals surface area contributed by atoms with E-state index in [0.29, 0.717) is 11.7 Å². The topological polar surface area (TPSA) is 24.4 Å². The van der Waals surface area contributed by atoms with Gasteiger partial charge in [0.25, 0.3) is 0 Å². The van der Waals surface area contributed by atoms with E-state index < -0.39 is 5.82 Å². The Kier molecular flexibility index (Phi) is 3.92. The summed E-state index contributed by atoms with van der Waals surface area (Å²) in [5, 5.41) is 4.10. The molecule has 1 N–H and O–H groups in total. The molecule has 19 heavy (non-hydrogen) atoms. The van der Waals surface area contributed by atoms with Crippen molar-refractivity contribution in [2.24, 2.45) is 10.9 Å². The molecule has 2 unspecified atom stereocenters. The van der Waals surface area contributed by atoms with E-state index in [4.69, 9.17) is 28.2 Å². The average molecular weight is 319 g/mol. The zero-order valence-electron chi connectivity index (χ0n) is 10.1. The van der Waals surface area contributed by atoms with Crippen molar-refractivity contribution in [2.75, 3.05) is 11.1 Å². The van der Waals surface area contributed by atoms with Crippen LogP contribution >= 0.6 is 35.0 Å². The molecule has 1 saturated carbocycles. The Bertz CT molecular complexity index is 512. The number of hydrogen-bond donors (Lipinski definition) is 1. The summed E-state index contributed by atoms with van der Waals surface area (Å²) in [6, 6.07) is 3.51. The molecule has 102 valence electrons. The number of anilines is 1. The van der Waals surface area contributed by atoms with Crippen LogP contribution in [0.25, 0.3) is 0 Å². The molecule has 2 atom stereocenters. The number of benzene rings is 1. The summed E-state index contributed by atoms with van der Waals surface area (Å²) in [6.45, 7) is 0. The van der Waals surface area contributed by atoms with Gasteiger partial charge in [0.2, 0.25) is 0 Å². The molecular weight excluding hydrogens is 306 g/mol. The van der Waals surface area contributed by atoms with Gasteiger partial charge in [-0.3, -0.25) is 4.99 Å². The number of halogens is 3. The molecule has 1 aromatic rings. The Hall–Kier alpha value is -0.450. The second kappa shape index (κ2) is 5.51. The van der Waals surface area contributed by atoms with Crippen molar-refractivity contribution in [1.29, 1.82) is 0 Å². The van der Waals surface area contributed by atoms with Gasteiger partial charge in [-0.25, -0.2) is 4.39 Å². The summed E-state index contributed by atoms with van der Waals surface area (Å²) in [5.74, 6) is 1.23. The van der Waals surface area contributed by atoms with Gasteiger partial charge in [-0.1, -0.05) is 41.4 Å². The van der Waals surface area contributed by atoms with Gasteiger partial charge in [0.15, 0.2) is 11.0 Å². The normalized spacial score (nSPS) is 25.9. The Balaban J connectivity index is 1.78. The highest BCUT2D eigenvalue weighted by atomic mass is 35.5. The number of rotatable bonds is 1. The Labute approximate surface area is 125 Å². The fraction of sp³-hybridized carbons (Fsp3) is 0.462. The fourth-order valence-corrected chi connectivity index (χ4v) is 4.22. The van der Waals surface area contributed by atoms with Crippen LogP contribution in [0, 0.1) is 11.7 Å². The quantitative estimate of drug-likeness (QED) is 0.751. The summed E-state index contributed by atoms with van der Waals surface area (Å²) in [6.07, 6.45) is 3.71. The van der Waals surface area contributed by atoms with Crippen LogP contribution in [0.15, 0.2) is 17.1 Å². The summed E-state index contributed by atoms with van der Waals surface area (Å²) in [5.41, 5.74) is 0.680. The van der Waals surface area contributed by atoms with Crippen molar-refractivity contribution in [3.63, 3.8) is 0 Å². The van der Waals surface area contributed by atoms with Gasteiger partial charge in [-0.2, -0.15) is 0 Å². The third-order valence-electron chi connectivity index (χ3n) is 3.57. The van der Waals surface area contributed by atoms with Gasteiger partial charge >= 0.3 is 0 Å². The fourth-order valence-electron chi connectivity index (χ4n) is 2.58. The predicted molar refractivity (Wildman–Crippen MR) is 81.1 cm³/mol. The van der Waals surface area contributed by atoms with E-state index in [1.807, 2.05) is 0 Å². The van der Waals surface area contributed by atoms with E-state index in [1.54, 1.807) is 11.8 Å². The van der Waals surface area contributed by atoms with E-state index in [0.717, 1.165) is 16.8 Å². The molecular formula is C13H13Cl2FN2S. The van der Waals surface area contributed by atoms with Gasteiger partial charge in [0.1, 0.15) is 0 Å². The van der Waals surface area contributed by atoms with Gasteiger partial charge in [0.05, 0.1) is 16.1 Å². The summed E-state index contributed by atoms with van der Waals surface area (Å²) in [7, 11) is 0. The number of fused-ring (bicyclic) bond motifs is 1. The molecule has 0 radical (unpaired) electrons. The minimum atomic E-state index is -0.581. The van der Waals surface area contributed by atoms with Crippen LogP contribution in [0.4, 0.5) is 10.1 Å². The predicted octanol–water partition coefficient (Wildman–Crippen LogP) is 4.82. The standard InChI is InChI=1S/C13H13Cl2FN2S/c14-9-4-8(5-10(15)12(9)16)17-13-18-11-3-1-2-7(11)6-19-13/h4-5,7,11H,1-3,6H2,(H,17,18). The van der Waals surface area contributed by atoms with Crippen LogP contribution in [-0.2, 0) is 0 Å². The average Bonchev–Trinajstić information content (AvgIpc) is 2.83. The maximum Gasteiger partial charge on any atom is 0.161 e. The molecule has 0 saturated heterocycles. The van der Waals surface area contributed by atoms with Crippen LogP contribution in [0.2, 0.25) is 10.0 Å². The van der Waals surface area contributed by atoms with Crippen molar-refractivity contribution in [1.82, 2.24) is 0 Å². The second-order valence-corrected chi connectivity index (χ2v) is 6.71. The maximum absolute atomic E-state index is 13.3. The lowest BCUT2D eigenvalue weighted by Gasteiger charge is -2.23. The summed E-state index contributed by atoms with van der Waals surface area (Å²) in [4.78, 5) is 4.71. The third kappa shape index (κ3) is 2.86. The Morgan fingerprint density at radius 3 is 2.74 bits per heavy atom. The highest BCUT2D eigenvalue weighted by molar-refractivity contribution is 8.14. The van der Waals surface area contributed by atoms with Crippen LogP contribution in [0.1, 0.15) is 19.3 Å². The zero-order valence-corrected chi connectivity index (χ0v) is 12.5. The molecule has 1 aliphatic carbocycles. The molecule has 1 aliphatic heterocycles. The first-order valence-electron chi connectivity index (χ1n) is 6.25. The Morgan fingerprint density at radius 2 is 2.00 bits per heavy atom. The van der Waals surface area contributed by atoms with Gasteiger partial charge in [-0.15, -0.1) is 0 Å². The van der Waals surface area contributed by atoms with E-state index in [-0.39, 0.29) is 10.0 Å². The van der Waals surface area contributed by atoms with E-state index >= 15 is 0 Å². The van der Waals surface area contributed by atoms with Crippen molar-refractivity contribution in [3.8, 4) is 0 Å². The molecule has 1 fully saturated rings. The van der Waals surface area contributed by atoms with Gasteiger partial charge in [-0.05, 0) is 30.9 Å². The first-order chi connectivity index (χ1) is 9.13. The van der Waals surface area contributed by atoms with Gasteiger partial charge in [0, 0.05) is 11.4 Å². The largest absolute Gasteiger partial charge is 0.335 e. The number of amidine groups is 1. The Morgan fingerprint density at radius 1 is 1.26 bits per heavy atom. The van der Waals surface area contributed by atoms with E-state index in [9.17, 15) is 4.39 Å². The lowest BCUT2D eigenvalue weighted by Crippen LogP contribution is -2.25. The highest BCUT2D eigenvalue weighted by Gasteiger charge is 2.31. The molecule has 1 heterocycles. The van der Waals surface area contributed by atoms with Crippen molar-refractivity contribution in [2.45, 2.75) is 25.3 Å². The number of hydrogen-bond acceptors (Lipinski definition) is 3. The number of aliphatic imine (C=N–C) groups is 1. The summed E-state index contributed by atoms with van der Waals surface area (Å²) < 4.78 is 13.3. The van der Waals surface area contributed by atoms with E-state index in [1.165, 1.54) is 31.4 Å². The van der Waals surface area contributed by atoms with Crippen LogP contribution in [0.3, 0.4) is 0 Å². The summed E-state index contributed by atoms with van der Waals surface area (Å²) >= 11 is 13.3. The molecule has 0 bridgehead atoms. The second-order valence-electron chi connectivity index (χ2n) is 4.88. The molecule has 2 nitrogen and oxygen atoms in total. The van der Waals surface area contributed by atoms with Gasteiger partial charge < -0.3 is 5.32 Å². The van der Waals surface area contributed by atoms with Crippen LogP contribution < -0.4 is 5.32 Å². The molecule has 0 aromatic heterocycles. The molecule has 6 heteroatoms. The first-order valence-corrected chi connectivity index (χ1v) is 8.00. The molecule has 3 rings (SSSR count). The van der Waals surface area contributed by atoms with E-state index in [2.05, 4.69) is 5.32 Å². The minimum Gasteiger partial charge on any atom is -0.335 e. The van der Waals surface area contributed by atoms with Crippen LogP contribution in [0.5, 0.6) is 0 Å². The zero-order chi connectivity index (χ0) is 13.4. The molecule has 0 spiro atoms. The van der Waals surface area contributed by atoms with Crippen molar-refractivity contribution < 1.29 is 4.39 Å². The smallest absolute Gasteiger partial charge is 0.161 e. The molecule has 2 aliphatic rings. The lowest BCUT2D eigenvalue weighted by atomic mass is 10.1. The van der Waals surface area contributed by atoms with Crippen molar-refractivity contribution in [3.05, 3.63) is 28.0 Å². The molecule has 1 aromatic carbocycles.